The van der Waals surface area contributed by atoms with Crippen LogP contribution in [0.2, 0.25) is 0 Å². The van der Waals surface area contributed by atoms with E-state index in [1.165, 1.54) is 22.7 Å². The molecule has 3 rings (SSSR count). The van der Waals surface area contributed by atoms with E-state index in [2.05, 4.69) is 109 Å². The van der Waals surface area contributed by atoms with Crippen molar-refractivity contribution < 1.29 is 0 Å². The highest BCUT2D eigenvalue weighted by molar-refractivity contribution is 5.63. The summed E-state index contributed by atoms with van der Waals surface area (Å²) < 4.78 is 0. The molecule has 0 spiro atoms. The molecule has 0 N–H and O–H groups in total. The molecule has 1 aliphatic heterocycles. The molecule has 2 aromatic carbocycles. The highest BCUT2D eigenvalue weighted by Crippen LogP contribution is 2.26. The van der Waals surface area contributed by atoms with Crippen molar-refractivity contribution in [3.63, 3.8) is 0 Å². The SMILES string of the molecule is CN(C)c1ccc(N2C=CN(c3ccc(N(C)C)cc3)C2)cc1. The van der Waals surface area contributed by atoms with Crippen LogP contribution in [-0.4, -0.2) is 34.9 Å². The smallest absolute Gasteiger partial charge is 0.0989 e. The summed E-state index contributed by atoms with van der Waals surface area (Å²) >= 11 is 0. The Balaban J connectivity index is 1.70. The van der Waals surface area contributed by atoms with Crippen LogP contribution in [-0.2, 0) is 0 Å². The Morgan fingerprint density at radius 3 is 1.26 bits per heavy atom. The largest absolute Gasteiger partial charge is 0.378 e. The second-order valence-electron chi connectivity index (χ2n) is 6.20. The Labute approximate surface area is 138 Å². The highest BCUT2D eigenvalue weighted by Gasteiger charge is 2.15. The molecular weight excluding hydrogens is 284 g/mol. The van der Waals surface area contributed by atoms with E-state index >= 15 is 0 Å². The van der Waals surface area contributed by atoms with Gasteiger partial charge in [-0.2, -0.15) is 0 Å². The topological polar surface area (TPSA) is 13.0 Å². The lowest BCUT2D eigenvalue weighted by Crippen LogP contribution is -2.24. The molecule has 0 saturated heterocycles. The Hall–Kier alpha value is -2.62. The fourth-order valence-corrected chi connectivity index (χ4v) is 2.64. The number of anilines is 4. The van der Waals surface area contributed by atoms with E-state index in [0.29, 0.717) is 0 Å². The number of nitrogens with zero attached hydrogens (tertiary/aromatic N) is 4. The van der Waals surface area contributed by atoms with Crippen LogP contribution in [0.4, 0.5) is 22.7 Å². The van der Waals surface area contributed by atoms with Crippen LogP contribution >= 0.6 is 0 Å². The standard InChI is InChI=1S/C19H24N4/c1-20(2)16-5-9-18(10-6-16)22-13-14-23(15-22)19-11-7-17(8-12-19)21(3)4/h5-14H,15H2,1-4H3. The lowest BCUT2D eigenvalue weighted by atomic mass is 10.2. The quantitative estimate of drug-likeness (QED) is 0.856. The molecular formula is C19H24N4. The van der Waals surface area contributed by atoms with Crippen LogP contribution in [0.1, 0.15) is 0 Å². The Morgan fingerprint density at radius 1 is 0.609 bits per heavy atom. The van der Waals surface area contributed by atoms with Crippen molar-refractivity contribution in [2.45, 2.75) is 0 Å². The van der Waals surface area contributed by atoms with E-state index < -0.39 is 0 Å². The van der Waals surface area contributed by atoms with Gasteiger partial charge in [0.05, 0.1) is 6.67 Å². The zero-order chi connectivity index (χ0) is 16.4. The summed E-state index contributed by atoms with van der Waals surface area (Å²) in [5.74, 6) is 0. The predicted molar refractivity (Wildman–Crippen MR) is 101 cm³/mol. The van der Waals surface area contributed by atoms with E-state index in [-0.39, 0.29) is 0 Å². The maximum atomic E-state index is 2.25. The Bertz CT molecular complexity index is 612. The molecule has 0 fully saturated rings. The summed E-state index contributed by atoms with van der Waals surface area (Å²) in [6.07, 6.45) is 4.26. The lowest BCUT2D eigenvalue weighted by Gasteiger charge is -2.23. The lowest BCUT2D eigenvalue weighted by molar-refractivity contribution is 0.974. The summed E-state index contributed by atoms with van der Waals surface area (Å²) in [5, 5.41) is 0. The Morgan fingerprint density at radius 2 is 0.957 bits per heavy atom. The number of hydrogen-bond donors (Lipinski definition) is 0. The van der Waals surface area contributed by atoms with Crippen LogP contribution in [0.3, 0.4) is 0 Å². The van der Waals surface area contributed by atoms with Crippen LogP contribution in [0.15, 0.2) is 60.9 Å². The van der Waals surface area contributed by atoms with Crippen LogP contribution < -0.4 is 19.6 Å². The second kappa shape index (κ2) is 6.24. The predicted octanol–water partition coefficient (Wildman–Crippen LogP) is 3.57. The first kappa shape index (κ1) is 15.3. The third-order valence-electron chi connectivity index (χ3n) is 4.13. The highest BCUT2D eigenvalue weighted by atomic mass is 15.3. The van der Waals surface area contributed by atoms with Gasteiger partial charge in [0.25, 0.3) is 0 Å². The molecule has 1 aliphatic rings. The Kier molecular flexibility index (Phi) is 4.15. The molecule has 0 bridgehead atoms. The molecule has 0 amide bonds. The summed E-state index contributed by atoms with van der Waals surface area (Å²) in [5.41, 5.74) is 4.85. The fourth-order valence-electron chi connectivity index (χ4n) is 2.64. The minimum Gasteiger partial charge on any atom is -0.378 e. The maximum absolute atomic E-state index is 2.25. The summed E-state index contributed by atoms with van der Waals surface area (Å²) in [6, 6.07) is 17.3. The molecule has 120 valence electrons. The number of rotatable bonds is 4. The molecule has 4 nitrogen and oxygen atoms in total. The molecule has 4 heteroatoms. The third kappa shape index (κ3) is 3.26. The van der Waals surface area contributed by atoms with E-state index in [4.69, 9.17) is 0 Å². The molecule has 0 atom stereocenters. The van der Waals surface area contributed by atoms with Crippen LogP contribution in [0.25, 0.3) is 0 Å². The molecule has 0 saturated carbocycles. The molecule has 0 radical (unpaired) electrons. The van der Waals surface area contributed by atoms with Crippen molar-refractivity contribution in [1.82, 2.24) is 0 Å². The average Bonchev–Trinajstić information content (AvgIpc) is 3.05. The maximum Gasteiger partial charge on any atom is 0.0989 e. The second-order valence-corrected chi connectivity index (χ2v) is 6.20. The molecule has 0 unspecified atom stereocenters. The average molecular weight is 308 g/mol. The summed E-state index contributed by atoms with van der Waals surface area (Å²) in [4.78, 5) is 8.73. The number of hydrogen-bond acceptors (Lipinski definition) is 4. The van der Waals surface area contributed by atoms with E-state index in [0.717, 1.165) is 6.67 Å². The van der Waals surface area contributed by atoms with Crippen molar-refractivity contribution >= 4 is 22.7 Å². The van der Waals surface area contributed by atoms with Gasteiger partial charge < -0.3 is 19.6 Å². The van der Waals surface area contributed by atoms with E-state index in [9.17, 15) is 0 Å². The molecule has 0 aromatic heterocycles. The number of benzene rings is 2. The van der Waals surface area contributed by atoms with Gasteiger partial charge in [0.2, 0.25) is 0 Å². The van der Waals surface area contributed by atoms with Crippen LogP contribution in [0, 0.1) is 0 Å². The molecule has 0 aliphatic carbocycles. The normalized spacial score (nSPS) is 13.6. The van der Waals surface area contributed by atoms with E-state index in [1.54, 1.807) is 0 Å². The summed E-state index contributed by atoms with van der Waals surface area (Å²) in [6.45, 7) is 0.836. The first-order valence-corrected chi connectivity index (χ1v) is 7.81. The van der Waals surface area contributed by atoms with Gasteiger partial charge in [-0.25, -0.2) is 0 Å². The van der Waals surface area contributed by atoms with Gasteiger partial charge in [-0.15, -0.1) is 0 Å². The molecule has 23 heavy (non-hydrogen) atoms. The molecule has 2 aromatic rings. The van der Waals surface area contributed by atoms with Crippen molar-refractivity contribution in [3.8, 4) is 0 Å². The molecule has 1 heterocycles. The monoisotopic (exact) mass is 308 g/mol. The van der Waals surface area contributed by atoms with Crippen molar-refractivity contribution in [3.05, 3.63) is 60.9 Å². The van der Waals surface area contributed by atoms with Gasteiger partial charge in [-0.1, -0.05) is 0 Å². The zero-order valence-electron chi connectivity index (χ0n) is 14.3. The fraction of sp³-hybridized carbons (Fsp3) is 0.263. The van der Waals surface area contributed by atoms with Crippen molar-refractivity contribution in [1.29, 1.82) is 0 Å². The van der Waals surface area contributed by atoms with Gasteiger partial charge in [-0.3, -0.25) is 0 Å². The van der Waals surface area contributed by atoms with Crippen LogP contribution in [0.5, 0.6) is 0 Å². The summed E-state index contributed by atoms with van der Waals surface area (Å²) in [7, 11) is 8.24. The van der Waals surface area contributed by atoms with Gasteiger partial charge in [-0.05, 0) is 48.5 Å². The third-order valence-corrected chi connectivity index (χ3v) is 4.13. The van der Waals surface area contributed by atoms with E-state index in [1.807, 2.05) is 0 Å². The van der Waals surface area contributed by atoms with Crippen molar-refractivity contribution in [2.24, 2.45) is 0 Å². The van der Waals surface area contributed by atoms with Crippen molar-refractivity contribution in [2.75, 3.05) is 54.5 Å². The minimum atomic E-state index is 0.836. The van der Waals surface area contributed by atoms with Gasteiger partial charge in [0.15, 0.2) is 0 Å². The zero-order valence-corrected chi connectivity index (χ0v) is 14.3. The minimum absolute atomic E-state index is 0.836. The van der Waals surface area contributed by atoms with Gasteiger partial charge >= 0.3 is 0 Å². The van der Waals surface area contributed by atoms with Gasteiger partial charge in [0, 0.05) is 63.3 Å². The first-order valence-electron chi connectivity index (χ1n) is 7.81. The first-order chi connectivity index (χ1) is 11.0. The van der Waals surface area contributed by atoms with Gasteiger partial charge in [0.1, 0.15) is 0 Å².